The number of anilines is 2. The molecule has 0 saturated carbocycles. The van der Waals surface area contributed by atoms with E-state index in [4.69, 9.17) is 0 Å². The number of piperazine rings is 2. The summed E-state index contributed by atoms with van der Waals surface area (Å²) in [6.07, 6.45) is 1.73. The maximum atomic E-state index is 13.8. The summed E-state index contributed by atoms with van der Waals surface area (Å²) >= 11 is 0. The molecule has 0 atom stereocenters. The fourth-order valence-electron chi connectivity index (χ4n) is 3.82. The van der Waals surface area contributed by atoms with Crippen molar-refractivity contribution in [2.75, 3.05) is 69.2 Å². The molecule has 7 nitrogen and oxygen atoms in total. The number of carbonyl (C=O) groups excluding carboxylic acids is 1. The van der Waals surface area contributed by atoms with Gasteiger partial charge in [-0.15, -0.1) is 0 Å². The summed E-state index contributed by atoms with van der Waals surface area (Å²) in [5.74, 6) is 1.50. The van der Waals surface area contributed by atoms with Gasteiger partial charge in [0.2, 0.25) is 5.91 Å². The summed E-state index contributed by atoms with van der Waals surface area (Å²) in [4.78, 5) is 30.1. The van der Waals surface area contributed by atoms with Crippen LogP contribution in [0.25, 0.3) is 0 Å². The minimum absolute atomic E-state index is 0.0319. The van der Waals surface area contributed by atoms with Crippen molar-refractivity contribution < 1.29 is 9.18 Å². The van der Waals surface area contributed by atoms with Crippen LogP contribution in [0.3, 0.4) is 0 Å². The lowest BCUT2D eigenvalue weighted by Crippen LogP contribution is -2.49. The Labute approximate surface area is 170 Å². The third-order valence-electron chi connectivity index (χ3n) is 5.72. The standard InChI is InChI=1S/C21H27FN6O/c1-25-6-8-26(9-7-25)19-15-20(24-16-23-19)27-10-12-28(13-11-27)21(29)14-17-4-2-3-5-18(17)22/h2-5,15-16H,6-14H2,1H3. The fourth-order valence-corrected chi connectivity index (χ4v) is 3.82. The quantitative estimate of drug-likeness (QED) is 0.773. The van der Waals surface area contributed by atoms with Gasteiger partial charge in [0.05, 0.1) is 6.42 Å². The van der Waals surface area contributed by atoms with Crippen molar-refractivity contribution in [3.63, 3.8) is 0 Å². The van der Waals surface area contributed by atoms with E-state index in [-0.39, 0.29) is 18.1 Å². The lowest BCUT2D eigenvalue weighted by Gasteiger charge is -2.36. The molecule has 1 aromatic heterocycles. The van der Waals surface area contributed by atoms with Crippen molar-refractivity contribution in [1.29, 1.82) is 0 Å². The summed E-state index contributed by atoms with van der Waals surface area (Å²) in [6.45, 7) is 6.63. The minimum atomic E-state index is -0.322. The topological polar surface area (TPSA) is 55.8 Å². The molecule has 2 saturated heterocycles. The van der Waals surface area contributed by atoms with E-state index in [1.807, 2.05) is 11.0 Å². The predicted molar refractivity (Wildman–Crippen MR) is 111 cm³/mol. The zero-order chi connectivity index (χ0) is 20.2. The van der Waals surface area contributed by atoms with E-state index in [1.165, 1.54) is 6.07 Å². The third-order valence-corrected chi connectivity index (χ3v) is 5.72. The molecule has 2 aliphatic rings. The van der Waals surface area contributed by atoms with Gasteiger partial charge in [-0.1, -0.05) is 18.2 Å². The molecular formula is C21H27FN6O. The maximum Gasteiger partial charge on any atom is 0.227 e. The first-order valence-electron chi connectivity index (χ1n) is 10.1. The maximum absolute atomic E-state index is 13.8. The van der Waals surface area contributed by atoms with E-state index in [1.54, 1.807) is 24.5 Å². The number of carbonyl (C=O) groups is 1. The number of benzene rings is 1. The average molecular weight is 398 g/mol. The molecule has 0 aliphatic carbocycles. The second kappa shape index (κ2) is 8.73. The molecule has 29 heavy (non-hydrogen) atoms. The van der Waals surface area contributed by atoms with Crippen molar-refractivity contribution in [3.8, 4) is 0 Å². The molecular weight excluding hydrogens is 371 g/mol. The van der Waals surface area contributed by atoms with Gasteiger partial charge in [-0.25, -0.2) is 14.4 Å². The number of hydrogen-bond donors (Lipinski definition) is 0. The van der Waals surface area contributed by atoms with Gasteiger partial charge in [0, 0.05) is 58.4 Å². The lowest BCUT2D eigenvalue weighted by molar-refractivity contribution is -0.130. The van der Waals surface area contributed by atoms with Crippen LogP contribution in [0.4, 0.5) is 16.0 Å². The van der Waals surface area contributed by atoms with Crippen molar-refractivity contribution in [3.05, 3.63) is 48.0 Å². The molecule has 2 aliphatic heterocycles. The van der Waals surface area contributed by atoms with Crippen molar-refractivity contribution in [1.82, 2.24) is 19.8 Å². The van der Waals surface area contributed by atoms with E-state index in [0.717, 1.165) is 37.8 Å². The van der Waals surface area contributed by atoms with Crippen LogP contribution in [0.2, 0.25) is 0 Å². The van der Waals surface area contributed by atoms with Gasteiger partial charge in [-0.2, -0.15) is 0 Å². The number of nitrogens with zero attached hydrogens (tertiary/aromatic N) is 6. The highest BCUT2D eigenvalue weighted by Crippen LogP contribution is 2.20. The first-order chi connectivity index (χ1) is 14.1. The minimum Gasteiger partial charge on any atom is -0.354 e. The summed E-state index contributed by atoms with van der Waals surface area (Å²) in [7, 11) is 2.13. The molecule has 3 heterocycles. The highest BCUT2D eigenvalue weighted by Gasteiger charge is 2.24. The number of amides is 1. The molecule has 154 valence electrons. The predicted octanol–water partition coefficient (Wildman–Crippen LogP) is 1.26. The van der Waals surface area contributed by atoms with Crippen LogP contribution in [0.1, 0.15) is 5.56 Å². The SMILES string of the molecule is CN1CCN(c2cc(N3CCN(C(=O)Cc4ccccc4F)CC3)ncn2)CC1. The average Bonchev–Trinajstić information content (AvgIpc) is 2.76. The molecule has 2 fully saturated rings. The van der Waals surface area contributed by atoms with Gasteiger partial charge >= 0.3 is 0 Å². The molecule has 0 spiro atoms. The van der Waals surface area contributed by atoms with Crippen molar-refractivity contribution in [2.24, 2.45) is 0 Å². The largest absolute Gasteiger partial charge is 0.354 e. The third kappa shape index (κ3) is 4.64. The molecule has 0 radical (unpaired) electrons. The van der Waals surface area contributed by atoms with Crippen LogP contribution in [0.5, 0.6) is 0 Å². The monoisotopic (exact) mass is 398 g/mol. The van der Waals surface area contributed by atoms with Crippen LogP contribution in [-0.2, 0) is 11.2 Å². The van der Waals surface area contributed by atoms with E-state index < -0.39 is 0 Å². The Balaban J connectivity index is 1.34. The van der Waals surface area contributed by atoms with Crippen LogP contribution >= 0.6 is 0 Å². The number of hydrogen-bond acceptors (Lipinski definition) is 6. The number of rotatable bonds is 4. The van der Waals surface area contributed by atoms with Crippen LogP contribution in [0, 0.1) is 5.82 Å². The van der Waals surface area contributed by atoms with E-state index >= 15 is 0 Å². The van der Waals surface area contributed by atoms with Crippen LogP contribution in [-0.4, -0.2) is 85.1 Å². The molecule has 0 bridgehead atoms. The second-order valence-electron chi connectivity index (χ2n) is 7.66. The Morgan fingerprint density at radius 3 is 2.14 bits per heavy atom. The normalized spacial score (nSPS) is 18.2. The molecule has 8 heteroatoms. The van der Waals surface area contributed by atoms with Gasteiger partial charge in [0.15, 0.2) is 0 Å². The zero-order valence-corrected chi connectivity index (χ0v) is 16.8. The molecule has 1 aromatic carbocycles. The summed E-state index contributed by atoms with van der Waals surface area (Å²) in [6, 6.07) is 8.51. The van der Waals surface area contributed by atoms with Gasteiger partial charge in [-0.05, 0) is 18.7 Å². The lowest BCUT2D eigenvalue weighted by atomic mass is 10.1. The summed E-state index contributed by atoms with van der Waals surface area (Å²) in [5.41, 5.74) is 0.451. The molecule has 0 N–H and O–H groups in total. The Hall–Kier alpha value is -2.74. The van der Waals surface area contributed by atoms with Crippen molar-refractivity contribution in [2.45, 2.75) is 6.42 Å². The van der Waals surface area contributed by atoms with E-state index in [0.29, 0.717) is 31.7 Å². The Kier molecular flexibility index (Phi) is 5.89. The van der Waals surface area contributed by atoms with Crippen LogP contribution in [0.15, 0.2) is 36.7 Å². The highest BCUT2D eigenvalue weighted by molar-refractivity contribution is 5.79. The highest BCUT2D eigenvalue weighted by atomic mass is 19.1. The molecule has 2 aromatic rings. The molecule has 1 amide bonds. The summed E-state index contributed by atoms with van der Waals surface area (Å²) < 4.78 is 13.8. The van der Waals surface area contributed by atoms with Gasteiger partial charge < -0.3 is 19.6 Å². The zero-order valence-electron chi connectivity index (χ0n) is 16.8. The summed E-state index contributed by atoms with van der Waals surface area (Å²) in [5, 5.41) is 0. The number of halogens is 1. The van der Waals surface area contributed by atoms with Crippen molar-refractivity contribution >= 4 is 17.5 Å². The Bertz CT molecular complexity index is 847. The number of aromatic nitrogens is 2. The number of likely N-dealkylation sites (N-methyl/N-ethyl adjacent to an activating group) is 1. The Morgan fingerprint density at radius 2 is 1.52 bits per heavy atom. The van der Waals surface area contributed by atoms with E-state index in [2.05, 4.69) is 31.7 Å². The van der Waals surface area contributed by atoms with Gasteiger partial charge in [0.1, 0.15) is 23.8 Å². The smallest absolute Gasteiger partial charge is 0.227 e. The van der Waals surface area contributed by atoms with Gasteiger partial charge in [-0.3, -0.25) is 4.79 Å². The second-order valence-corrected chi connectivity index (χ2v) is 7.66. The first kappa shape index (κ1) is 19.6. The van der Waals surface area contributed by atoms with Crippen LogP contribution < -0.4 is 9.80 Å². The Morgan fingerprint density at radius 1 is 0.931 bits per heavy atom. The molecule has 0 unspecified atom stereocenters. The fraction of sp³-hybridized carbons (Fsp3) is 0.476. The van der Waals surface area contributed by atoms with E-state index in [9.17, 15) is 9.18 Å². The molecule has 4 rings (SSSR count). The first-order valence-corrected chi connectivity index (χ1v) is 10.1. The van der Waals surface area contributed by atoms with Gasteiger partial charge in [0.25, 0.3) is 0 Å².